The van der Waals surface area contributed by atoms with Crippen molar-refractivity contribution in [2.45, 2.75) is 32.7 Å². The quantitative estimate of drug-likeness (QED) is 0.913. The third-order valence-corrected chi connectivity index (χ3v) is 3.94. The van der Waals surface area contributed by atoms with Crippen LogP contribution in [0.4, 0.5) is 8.78 Å². The highest BCUT2D eigenvalue weighted by atomic mass is 19.1. The molecule has 2 rings (SSSR count). The van der Waals surface area contributed by atoms with Gasteiger partial charge in [0.25, 0.3) is 5.91 Å². The summed E-state index contributed by atoms with van der Waals surface area (Å²) in [6, 6.07) is 2.04. The SMILES string of the molecule is CC1(C)CCCN(C(=O)c2c(F)cccc2F)C1C(=O)O. The number of rotatable bonds is 2. The first-order valence-corrected chi connectivity index (χ1v) is 6.73. The van der Waals surface area contributed by atoms with Crippen molar-refractivity contribution in [1.82, 2.24) is 4.90 Å². The maximum Gasteiger partial charge on any atom is 0.326 e. The van der Waals surface area contributed by atoms with Crippen LogP contribution in [-0.2, 0) is 4.79 Å². The molecule has 1 heterocycles. The van der Waals surface area contributed by atoms with Gasteiger partial charge in [-0.25, -0.2) is 13.6 Å². The molecule has 6 heteroatoms. The third kappa shape index (κ3) is 2.75. The number of hydrogen-bond acceptors (Lipinski definition) is 2. The van der Waals surface area contributed by atoms with Gasteiger partial charge in [0.15, 0.2) is 0 Å². The average Bonchev–Trinajstić information content (AvgIpc) is 2.36. The number of carboxylic acids is 1. The molecule has 1 unspecified atom stereocenters. The van der Waals surface area contributed by atoms with E-state index in [0.29, 0.717) is 12.8 Å². The molecule has 0 spiro atoms. The molecule has 21 heavy (non-hydrogen) atoms. The summed E-state index contributed by atoms with van der Waals surface area (Å²) in [5.41, 5.74) is -1.34. The number of amides is 1. The number of likely N-dealkylation sites (tertiary alicyclic amines) is 1. The molecule has 4 nitrogen and oxygen atoms in total. The number of piperidine rings is 1. The summed E-state index contributed by atoms with van der Waals surface area (Å²) in [6.45, 7) is 3.65. The number of benzene rings is 1. The summed E-state index contributed by atoms with van der Waals surface area (Å²) in [6.07, 6.45) is 1.23. The standard InChI is InChI=1S/C15H17F2NO3/c1-15(2)7-4-8-18(12(15)14(20)21)13(19)11-9(16)5-3-6-10(11)17/h3,5-6,12H,4,7-8H2,1-2H3,(H,20,21). The number of halogens is 2. The number of nitrogens with zero attached hydrogens (tertiary/aromatic N) is 1. The molecule has 1 aliphatic heterocycles. The highest BCUT2D eigenvalue weighted by Crippen LogP contribution is 2.36. The average molecular weight is 297 g/mol. The normalized spacial score (nSPS) is 21.1. The van der Waals surface area contributed by atoms with E-state index in [2.05, 4.69) is 0 Å². The maximum absolute atomic E-state index is 13.7. The monoisotopic (exact) mass is 297 g/mol. The van der Waals surface area contributed by atoms with Crippen LogP contribution in [0.5, 0.6) is 0 Å². The fourth-order valence-electron chi connectivity index (χ4n) is 2.92. The van der Waals surface area contributed by atoms with Crippen molar-refractivity contribution >= 4 is 11.9 Å². The van der Waals surface area contributed by atoms with Crippen molar-refractivity contribution in [2.24, 2.45) is 5.41 Å². The Morgan fingerprint density at radius 1 is 1.29 bits per heavy atom. The Bertz CT molecular complexity index is 566. The first-order valence-electron chi connectivity index (χ1n) is 6.73. The van der Waals surface area contributed by atoms with Crippen LogP contribution >= 0.6 is 0 Å². The number of aliphatic carboxylic acids is 1. The van der Waals surface area contributed by atoms with Gasteiger partial charge in [-0.15, -0.1) is 0 Å². The molecule has 114 valence electrons. The second kappa shape index (κ2) is 5.42. The minimum Gasteiger partial charge on any atom is -0.480 e. The molecule has 1 N–H and O–H groups in total. The van der Waals surface area contributed by atoms with Crippen molar-refractivity contribution in [3.63, 3.8) is 0 Å². The Labute approximate surface area is 121 Å². The molecule has 0 saturated carbocycles. The van der Waals surface area contributed by atoms with E-state index in [9.17, 15) is 23.5 Å². The molecular formula is C15H17F2NO3. The molecule has 1 fully saturated rings. The van der Waals surface area contributed by atoms with E-state index in [1.807, 2.05) is 0 Å². The molecule has 0 radical (unpaired) electrons. The topological polar surface area (TPSA) is 57.6 Å². The Balaban J connectivity index is 2.44. The Hall–Kier alpha value is -1.98. The minimum atomic E-state index is -1.16. The molecule has 1 aliphatic rings. The number of carboxylic acid groups (broad SMARTS) is 1. The maximum atomic E-state index is 13.7. The number of hydrogen-bond donors (Lipinski definition) is 1. The fraction of sp³-hybridized carbons (Fsp3) is 0.467. The van der Waals surface area contributed by atoms with Crippen LogP contribution in [0.25, 0.3) is 0 Å². The zero-order chi connectivity index (χ0) is 15.8. The largest absolute Gasteiger partial charge is 0.480 e. The van der Waals surface area contributed by atoms with E-state index in [1.54, 1.807) is 13.8 Å². The Kier molecular flexibility index (Phi) is 3.98. The van der Waals surface area contributed by atoms with Crippen molar-refractivity contribution in [3.8, 4) is 0 Å². The lowest BCUT2D eigenvalue weighted by molar-refractivity contribution is -0.148. The predicted molar refractivity (Wildman–Crippen MR) is 71.8 cm³/mol. The van der Waals surface area contributed by atoms with Crippen LogP contribution in [-0.4, -0.2) is 34.5 Å². The van der Waals surface area contributed by atoms with Crippen LogP contribution < -0.4 is 0 Å². The molecule has 1 aromatic carbocycles. The predicted octanol–water partition coefficient (Wildman–Crippen LogP) is 2.68. The number of carbonyl (C=O) groups is 2. The van der Waals surface area contributed by atoms with Crippen LogP contribution in [0.3, 0.4) is 0 Å². The first-order chi connectivity index (χ1) is 9.75. The second-order valence-corrected chi connectivity index (χ2v) is 5.93. The van der Waals surface area contributed by atoms with E-state index in [1.165, 1.54) is 0 Å². The molecule has 1 saturated heterocycles. The molecule has 0 aromatic heterocycles. The summed E-state index contributed by atoms with van der Waals surface area (Å²) in [4.78, 5) is 25.0. The Morgan fingerprint density at radius 2 is 1.86 bits per heavy atom. The molecule has 0 aliphatic carbocycles. The van der Waals surface area contributed by atoms with Gasteiger partial charge < -0.3 is 10.0 Å². The van der Waals surface area contributed by atoms with Gasteiger partial charge in [-0.3, -0.25) is 4.79 Å². The molecule has 0 bridgehead atoms. The van der Waals surface area contributed by atoms with Gasteiger partial charge in [-0.1, -0.05) is 19.9 Å². The lowest BCUT2D eigenvalue weighted by Crippen LogP contribution is -2.56. The molecule has 1 amide bonds. The molecule has 1 atom stereocenters. The van der Waals surface area contributed by atoms with Gasteiger partial charge in [-0.2, -0.15) is 0 Å². The summed E-state index contributed by atoms with van der Waals surface area (Å²) in [5, 5.41) is 9.40. The van der Waals surface area contributed by atoms with Crippen LogP contribution in [0.15, 0.2) is 18.2 Å². The van der Waals surface area contributed by atoms with E-state index in [4.69, 9.17) is 0 Å². The third-order valence-electron chi connectivity index (χ3n) is 3.94. The van der Waals surface area contributed by atoms with Gasteiger partial charge in [-0.05, 0) is 30.4 Å². The van der Waals surface area contributed by atoms with Crippen molar-refractivity contribution in [2.75, 3.05) is 6.54 Å². The highest BCUT2D eigenvalue weighted by Gasteiger charge is 2.45. The van der Waals surface area contributed by atoms with Crippen molar-refractivity contribution in [3.05, 3.63) is 35.4 Å². The molecular weight excluding hydrogens is 280 g/mol. The van der Waals surface area contributed by atoms with E-state index >= 15 is 0 Å². The van der Waals surface area contributed by atoms with Gasteiger partial charge in [0.1, 0.15) is 23.2 Å². The zero-order valence-corrected chi connectivity index (χ0v) is 11.9. The van der Waals surface area contributed by atoms with Gasteiger partial charge in [0.2, 0.25) is 0 Å². The van der Waals surface area contributed by atoms with Gasteiger partial charge >= 0.3 is 5.97 Å². The van der Waals surface area contributed by atoms with Crippen molar-refractivity contribution in [1.29, 1.82) is 0 Å². The van der Waals surface area contributed by atoms with Crippen LogP contribution in [0.2, 0.25) is 0 Å². The fourth-order valence-corrected chi connectivity index (χ4v) is 2.92. The van der Waals surface area contributed by atoms with E-state index in [-0.39, 0.29) is 6.54 Å². The minimum absolute atomic E-state index is 0.174. The second-order valence-electron chi connectivity index (χ2n) is 5.93. The summed E-state index contributed by atoms with van der Waals surface area (Å²) >= 11 is 0. The highest BCUT2D eigenvalue weighted by molar-refractivity contribution is 5.97. The smallest absolute Gasteiger partial charge is 0.326 e. The van der Waals surface area contributed by atoms with Crippen LogP contribution in [0, 0.1) is 17.0 Å². The summed E-state index contributed by atoms with van der Waals surface area (Å²) in [7, 11) is 0. The van der Waals surface area contributed by atoms with E-state index in [0.717, 1.165) is 23.1 Å². The van der Waals surface area contributed by atoms with Gasteiger partial charge in [0.05, 0.1) is 0 Å². The summed E-state index contributed by atoms with van der Waals surface area (Å²) < 4.78 is 27.5. The first kappa shape index (κ1) is 15.4. The van der Waals surface area contributed by atoms with Crippen molar-refractivity contribution < 1.29 is 23.5 Å². The lowest BCUT2D eigenvalue weighted by atomic mass is 9.76. The summed E-state index contributed by atoms with van der Waals surface area (Å²) in [5.74, 6) is -4.03. The zero-order valence-electron chi connectivity index (χ0n) is 11.9. The number of carbonyl (C=O) groups excluding carboxylic acids is 1. The Morgan fingerprint density at radius 3 is 2.38 bits per heavy atom. The lowest BCUT2D eigenvalue weighted by Gasteiger charge is -2.44. The van der Waals surface area contributed by atoms with E-state index < -0.39 is 40.5 Å². The van der Waals surface area contributed by atoms with Gasteiger partial charge in [0, 0.05) is 6.54 Å². The molecule has 1 aromatic rings. The van der Waals surface area contributed by atoms with Crippen LogP contribution in [0.1, 0.15) is 37.0 Å².